The Morgan fingerprint density at radius 1 is 1.12 bits per heavy atom. The van der Waals surface area contributed by atoms with Crippen molar-refractivity contribution in [2.75, 3.05) is 38.2 Å². The van der Waals surface area contributed by atoms with Gasteiger partial charge in [0, 0.05) is 36.2 Å². The summed E-state index contributed by atoms with van der Waals surface area (Å²) in [6, 6.07) is 7.32. The van der Waals surface area contributed by atoms with Crippen molar-refractivity contribution in [3.05, 3.63) is 34.3 Å². The molecule has 0 bridgehead atoms. The van der Waals surface area contributed by atoms with Gasteiger partial charge in [-0.15, -0.1) is 24.0 Å². The highest BCUT2D eigenvalue weighted by Crippen LogP contribution is 2.10. The summed E-state index contributed by atoms with van der Waals surface area (Å²) in [4.78, 5) is 16.5. The van der Waals surface area contributed by atoms with Gasteiger partial charge in [0.25, 0.3) is 5.91 Å². The number of amides is 1. The van der Waals surface area contributed by atoms with Gasteiger partial charge in [-0.25, -0.2) is 0 Å². The van der Waals surface area contributed by atoms with E-state index in [1.807, 2.05) is 30.8 Å². The molecule has 0 aliphatic rings. The van der Waals surface area contributed by atoms with Crippen molar-refractivity contribution in [2.45, 2.75) is 19.8 Å². The zero-order valence-corrected chi connectivity index (χ0v) is 19.5. The maximum absolute atomic E-state index is 12.0. The van der Waals surface area contributed by atoms with Crippen molar-refractivity contribution in [1.82, 2.24) is 16.0 Å². The quantitative estimate of drug-likeness (QED) is 0.183. The average Bonchev–Trinajstić information content (AvgIpc) is 2.58. The number of unbranched alkanes of at least 4 members (excludes halogenated alkanes) is 1. The van der Waals surface area contributed by atoms with Crippen molar-refractivity contribution in [2.24, 2.45) is 4.99 Å². The Hall–Kier alpha value is -0.480. The lowest BCUT2D eigenvalue weighted by molar-refractivity contribution is 0.0954. The molecule has 1 aromatic carbocycles. The number of rotatable bonds is 10. The molecular formula is C17H28BrIN4OS. The number of carbonyl (C=O) groups is 1. The highest BCUT2D eigenvalue weighted by atomic mass is 127. The number of benzene rings is 1. The maximum Gasteiger partial charge on any atom is 0.251 e. The first kappa shape index (κ1) is 24.5. The fraction of sp³-hybridized carbons (Fsp3) is 0.529. The van der Waals surface area contributed by atoms with Crippen LogP contribution in [0, 0.1) is 0 Å². The maximum atomic E-state index is 12.0. The third-order valence-corrected chi connectivity index (χ3v) is 4.41. The zero-order chi connectivity index (χ0) is 17.6. The van der Waals surface area contributed by atoms with Gasteiger partial charge < -0.3 is 16.0 Å². The summed E-state index contributed by atoms with van der Waals surface area (Å²) in [5.41, 5.74) is 0.660. The molecule has 0 saturated carbocycles. The van der Waals surface area contributed by atoms with E-state index in [1.165, 1.54) is 12.2 Å². The van der Waals surface area contributed by atoms with Gasteiger partial charge in [-0.05, 0) is 56.0 Å². The summed E-state index contributed by atoms with van der Waals surface area (Å²) in [5.74, 6) is 1.92. The second kappa shape index (κ2) is 15.7. The minimum atomic E-state index is -0.0664. The van der Waals surface area contributed by atoms with Crippen LogP contribution >= 0.6 is 51.7 Å². The SMILES string of the molecule is CCNC(=NCCCCSC)NCCNC(=O)c1ccc(Br)cc1.I. The second-order valence-electron chi connectivity index (χ2n) is 5.15. The molecule has 0 aliphatic carbocycles. The van der Waals surface area contributed by atoms with E-state index in [0.29, 0.717) is 18.7 Å². The number of aliphatic imine (C=N–C) groups is 1. The van der Waals surface area contributed by atoms with Crippen molar-refractivity contribution in [3.63, 3.8) is 0 Å². The summed E-state index contributed by atoms with van der Waals surface area (Å²) < 4.78 is 0.963. The third-order valence-electron chi connectivity index (χ3n) is 3.18. The number of thioether (sulfide) groups is 1. The fourth-order valence-electron chi connectivity index (χ4n) is 1.95. The minimum Gasteiger partial charge on any atom is -0.357 e. The largest absolute Gasteiger partial charge is 0.357 e. The highest BCUT2D eigenvalue weighted by Gasteiger charge is 2.04. The van der Waals surface area contributed by atoms with E-state index in [9.17, 15) is 4.79 Å². The average molecular weight is 543 g/mol. The first-order valence-corrected chi connectivity index (χ1v) is 10.4. The molecule has 0 aliphatic heterocycles. The lowest BCUT2D eigenvalue weighted by Crippen LogP contribution is -2.41. The molecule has 0 spiro atoms. The highest BCUT2D eigenvalue weighted by molar-refractivity contribution is 14.0. The van der Waals surface area contributed by atoms with Gasteiger partial charge in [0.1, 0.15) is 0 Å². The molecule has 0 unspecified atom stereocenters. The summed E-state index contributed by atoms with van der Waals surface area (Å²) in [6.45, 7) is 4.87. The van der Waals surface area contributed by atoms with Gasteiger partial charge in [-0.2, -0.15) is 11.8 Å². The Kier molecular flexibility index (Phi) is 15.4. The van der Waals surface area contributed by atoms with Crippen LogP contribution in [0.4, 0.5) is 0 Å². The summed E-state index contributed by atoms with van der Waals surface area (Å²) in [6.07, 6.45) is 4.41. The van der Waals surface area contributed by atoms with Crippen LogP contribution in [0.15, 0.2) is 33.7 Å². The van der Waals surface area contributed by atoms with Gasteiger partial charge in [0.05, 0.1) is 0 Å². The monoisotopic (exact) mass is 542 g/mol. The molecule has 0 fully saturated rings. The molecule has 25 heavy (non-hydrogen) atoms. The first-order valence-electron chi connectivity index (χ1n) is 8.22. The van der Waals surface area contributed by atoms with Crippen LogP contribution in [0.5, 0.6) is 0 Å². The lowest BCUT2D eigenvalue weighted by Gasteiger charge is -2.12. The van der Waals surface area contributed by atoms with Gasteiger partial charge in [0.2, 0.25) is 0 Å². The number of halogens is 2. The molecule has 1 aromatic rings. The van der Waals surface area contributed by atoms with Crippen molar-refractivity contribution >= 4 is 63.5 Å². The van der Waals surface area contributed by atoms with E-state index in [4.69, 9.17) is 0 Å². The van der Waals surface area contributed by atoms with E-state index in [2.05, 4.69) is 43.1 Å². The van der Waals surface area contributed by atoms with Gasteiger partial charge in [0.15, 0.2) is 5.96 Å². The van der Waals surface area contributed by atoms with Gasteiger partial charge in [-0.1, -0.05) is 15.9 Å². The molecular weight excluding hydrogens is 515 g/mol. The molecule has 0 heterocycles. The van der Waals surface area contributed by atoms with E-state index < -0.39 is 0 Å². The Bertz CT molecular complexity index is 514. The fourth-order valence-corrected chi connectivity index (χ4v) is 2.71. The van der Waals surface area contributed by atoms with Gasteiger partial charge >= 0.3 is 0 Å². The Morgan fingerprint density at radius 3 is 2.44 bits per heavy atom. The Balaban J connectivity index is 0.00000576. The molecule has 1 amide bonds. The van der Waals surface area contributed by atoms with E-state index in [0.717, 1.165) is 29.9 Å². The van der Waals surface area contributed by atoms with Gasteiger partial charge in [-0.3, -0.25) is 9.79 Å². The summed E-state index contributed by atoms with van der Waals surface area (Å²) in [5, 5.41) is 9.35. The van der Waals surface area contributed by atoms with Crippen LogP contribution in [0.25, 0.3) is 0 Å². The van der Waals surface area contributed by atoms with Crippen LogP contribution in [0.1, 0.15) is 30.1 Å². The predicted octanol–water partition coefficient (Wildman–Crippen LogP) is 3.50. The molecule has 5 nitrogen and oxygen atoms in total. The molecule has 0 radical (unpaired) electrons. The predicted molar refractivity (Wildman–Crippen MR) is 123 cm³/mol. The van der Waals surface area contributed by atoms with Crippen molar-refractivity contribution in [3.8, 4) is 0 Å². The standard InChI is InChI=1S/C17H27BrN4OS.HI/c1-3-19-17(21-10-4-5-13-24-2)22-12-11-20-16(23)14-6-8-15(18)9-7-14;/h6-9H,3-5,10-13H2,1-2H3,(H,20,23)(H2,19,21,22);1H. The van der Waals surface area contributed by atoms with Crippen LogP contribution in [-0.2, 0) is 0 Å². The van der Waals surface area contributed by atoms with Crippen molar-refractivity contribution in [1.29, 1.82) is 0 Å². The number of guanidine groups is 1. The third kappa shape index (κ3) is 11.7. The Labute approximate surface area is 180 Å². The lowest BCUT2D eigenvalue weighted by atomic mass is 10.2. The molecule has 0 atom stereocenters. The second-order valence-corrected chi connectivity index (χ2v) is 7.05. The van der Waals surface area contributed by atoms with Crippen LogP contribution in [0.3, 0.4) is 0 Å². The van der Waals surface area contributed by atoms with E-state index in [-0.39, 0.29) is 29.9 Å². The minimum absolute atomic E-state index is 0. The van der Waals surface area contributed by atoms with Crippen LogP contribution < -0.4 is 16.0 Å². The molecule has 3 N–H and O–H groups in total. The summed E-state index contributed by atoms with van der Waals surface area (Å²) >= 11 is 5.23. The summed E-state index contributed by atoms with van der Waals surface area (Å²) in [7, 11) is 0. The number of hydrogen-bond donors (Lipinski definition) is 3. The van der Waals surface area contributed by atoms with E-state index in [1.54, 1.807) is 12.1 Å². The molecule has 8 heteroatoms. The first-order chi connectivity index (χ1) is 11.7. The van der Waals surface area contributed by atoms with E-state index >= 15 is 0 Å². The molecule has 0 aromatic heterocycles. The molecule has 142 valence electrons. The van der Waals surface area contributed by atoms with Crippen LogP contribution in [-0.4, -0.2) is 50.1 Å². The normalized spacial score (nSPS) is 10.8. The Morgan fingerprint density at radius 2 is 1.80 bits per heavy atom. The van der Waals surface area contributed by atoms with Crippen LogP contribution in [0.2, 0.25) is 0 Å². The smallest absolute Gasteiger partial charge is 0.251 e. The molecule has 1 rings (SSSR count). The number of hydrogen-bond acceptors (Lipinski definition) is 3. The number of nitrogens with zero attached hydrogens (tertiary/aromatic N) is 1. The topological polar surface area (TPSA) is 65.5 Å². The number of carbonyl (C=O) groups excluding carboxylic acids is 1. The number of nitrogens with one attached hydrogen (secondary N) is 3. The zero-order valence-electron chi connectivity index (χ0n) is 14.8. The van der Waals surface area contributed by atoms with Crippen molar-refractivity contribution < 1.29 is 4.79 Å². The molecule has 0 saturated heterocycles.